The van der Waals surface area contributed by atoms with Crippen LogP contribution in [0.5, 0.6) is 0 Å². The Morgan fingerprint density at radius 1 is 1.19 bits per heavy atom. The largest absolute Gasteiger partial charge is 0.449 e. The number of fused-ring (bicyclic) bond motifs is 1. The highest BCUT2D eigenvalue weighted by Gasteiger charge is 2.26. The molecule has 1 atom stereocenters. The molecule has 27 heavy (non-hydrogen) atoms. The van der Waals surface area contributed by atoms with Crippen molar-refractivity contribution >= 4 is 15.7 Å². The van der Waals surface area contributed by atoms with Crippen LogP contribution in [-0.4, -0.2) is 13.4 Å². The summed E-state index contributed by atoms with van der Waals surface area (Å²) < 4.78 is 33.8. The fraction of sp³-hybridized carbons (Fsp3) is 0.250. The molecule has 140 valence electrons. The highest BCUT2D eigenvalue weighted by atomic mass is 32.2. The molecule has 0 bridgehead atoms. The minimum atomic E-state index is -3.63. The lowest BCUT2D eigenvalue weighted by Crippen LogP contribution is -2.31. The second-order valence-electron chi connectivity index (χ2n) is 6.80. The lowest BCUT2D eigenvalue weighted by atomic mass is 9.88. The van der Waals surface area contributed by atoms with Crippen molar-refractivity contribution in [2.24, 2.45) is 0 Å². The van der Waals surface area contributed by atoms with Gasteiger partial charge in [0.2, 0.25) is 10.0 Å². The molecule has 6 nitrogen and oxygen atoms in total. The Balaban J connectivity index is 1.58. The number of nitrogen functional groups attached to an aromatic ring is 1. The summed E-state index contributed by atoms with van der Waals surface area (Å²) in [6, 6.07) is 12.1. The van der Waals surface area contributed by atoms with Crippen LogP contribution in [0.25, 0.3) is 11.3 Å². The van der Waals surface area contributed by atoms with Gasteiger partial charge in [-0.15, -0.1) is 0 Å². The molecule has 3 N–H and O–H groups in total. The molecule has 1 aliphatic rings. The molecule has 0 saturated carbocycles. The third-order valence-corrected chi connectivity index (χ3v) is 6.35. The maximum absolute atomic E-state index is 12.9. The van der Waals surface area contributed by atoms with Gasteiger partial charge in [-0.2, -0.15) is 0 Å². The first-order valence-electron chi connectivity index (χ1n) is 8.85. The number of aromatic nitrogens is 1. The van der Waals surface area contributed by atoms with Crippen LogP contribution in [0.4, 0.5) is 5.69 Å². The Kier molecular flexibility index (Phi) is 4.49. The highest BCUT2D eigenvalue weighted by molar-refractivity contribution is 7.89. The lowest BCUT2D eigenvalue weighted by molar-refractivity contribution is 0.507. The molecule has 0 radical (unpaired) electrons. The van der Waals surface area contributed by atoms with Gasteiger partial charge in [-0.1, -0.05) is 18.2 Å². The smallest absolute Gasteiger partial charge is 0.241 e. The Bertz CT molecular complexity index is 1070. The van der Waals surface area contributed by atoms with E-state index in [0.29, 0.717) is 17.3 Å². The molecule has 0 fully saturated rings. The van der Waals surface area contributed by atoms with Crippen molar-refractivity contribution < 1.29 is 12.8 Å². The molecule has 1 heterocycles. The van der Waals surface area contributed by atoms with Crippen molar-refractivity contribution in [1.29, 1.82) is 0 Å². The Hall–Kier alpha value is -2.64. The van der Waals surface area contributed by atoms with Gasteiger partial charge in [0.25, 0.3) is 0 Å². The van der Waals surface area contributed by atoms with E-state index in [9.17, 15) is 8.42 Å². The molecule has 0 amide bonds. The summed E-state index contributed by atoms with van der Waals surface area (Å²) in [6.45, 7) is 1.77. The van der Waals surface area contributed by atoms with E-state index in [1.807, 2.05) is 18.2 Å². The third kappa shape index (κ3) is 3.61. The number of sulfonamides is 1. The van der Waals surface area contributed by atoms with Gasteiger partial charge in [0.1, 0.15) is 12.0 Å². The Labute approximate surface area is 158 Å². The van der Waals surface area contributed by atoms with Crippen LogP contribution in [-0.2, 0) is 16.4 Å². The van der Waals surface area contributed by atoms with Crippen LogP contribution >= 0.6 is 0 Å². The van der Waals surface area contributed by atoms with E-state index in [2.05, 4.69) is 9.71 Å². The number of rotatable bonds is 4. The number of nitrogens with one attached hydrogen (secondary N) is 1. The van der Waals surface area contributed by atoms with Gasteiger partial charge in [0.05, 0.1) is 4.90 Å². The SMILES string of the molecule is Cc1nc(-c2ccc(S(=O)(=O)NC3CCCc4cc(N)ccc43)cc2)co1. The number of benzene rings is 2. The minimum absolute atomic E-state index is 0.231. The molecular formula is C20H21N3O3S. The molecule has 0 aliphatic heterocycles. The van der Waals surface area contributed by atoms with Crippen LogP contribution in [0.3, 0.4) is 0 Å². The first kappa shape index (κ1) is 17.8. The maximum atomic E-state index is 12.9. The second-order valence-corrected chi connectivity index (χ2v) is 8.51. The average molecular weight is 383 g/mol. The summed E-state index contributed by atoms with van der Waals surface area (Å²) in [5, 5.41) is 0. The van der Waals surface area contributed by atoms with Crippen LogP contribution < -0.4 is 10.5 Å². The van der Waals surface area contributed by atoms with Crippen molar-refractivity contribution in [3.63, 3.8) is 0 Å². The van der Waals surface area contributed by atoms with Gasteiger partial charge < -0.3 is 10.2 Å². The van der Waals surface area contributed by atoms with Crippen molar-refractivity contribution in [2.45, 2.75) is 37.1 Å². The molecule has 0 saturated heterocycles. The van der Waals surface area contributed by atoms with Gasteiger partial charge in [0.15, 0.2) is 5.89 Å². The molecule has 1 unspecified atom stereocenters. The molecule has 4 rings (SSSR count). The molecule has 7 heteroatoms. The zero-order valence-corrected chi connectivity index (χ0v) is 15.8. The summed E-state index contributed by atoms with van der Waals surface area (Å²) >= 11 is 0. The third-order valence-electron chi connectivity index (χ3n) is 4.86. The number of hydrogen-bond acceptors (Lipinski definition) is 5. The number of aryl methyl sites for hydroxylation is 2. The fourth-order valence-electron chi connectivity index (χ4n) is 3.51. The topological polar surface area (TPSA) is 98.2 Å². The fourth-order valence-corrected chi connectivity index (χ4v) is 4.76. The zero-order chi connectivity index (χ0) is 19.0. The molecule has 0 spiro atoms. The molecular weight excluding hydrogens is 362 g/mol. The monoisotopic (exact) mass is 383 g/mol. The number of anilines is 1. The van der Waals surface area contributed by atoms with Crippen molar-refractivity contribution in [3.8, 4) is 11.3 Å². The normalized spacial score (nSPS) is 16.9. The number of nitrogens with two attached hydrogens (primary N) is 1. The summed E-state index contributed by atoms with van der Waals surface area (Å²) in [5.74, 6) is 0.569. The Morgan fingerprint density at radius 2 is 1.96 bits per heavy atom. The van der Waals surface area contributed by atoms with E-state index in [1.165, 1.54) is 0 Å². The van der Waals surface area contributed by atoms with Gasteiger partial charge >= 0.3 is 0 Å². The van der Waals surface area contributed by atoms with E-state index in [-0.39, 0.29) is 10.9 Å². The van der Waals surface area contributed by atoms with Crippen LogP contribution in [0.2, 0.25) is 0 Å². The van der Waals surface area contributed by atoms with E-state index < -0.39 is 10.0 Å². The first-order valence-corrected chi connectivity index (χ1v) is 10.3. The molecule has 1 aromatic heterocycles. The second kappa shape index (κ2) is 6.83. The van der Waals surface area contributed by atoms with Gasteiger partial charge in [-0.05, 0) is 54.7 Å². The van der Waals surface area contributed by atoms with Gasteiger partial charge in [0, 0.05) is 24.2 Å². The summed E-state index contributed by atoms with van der Waals surface area (Å²) in [4.78, 5) is 4.49. The van der Waals surface area contributed by atoms with Crippen molar-refractivity contribution in [2.75, 3.05) is 5.73 Å². The number of oxazole rings is 1. The summed E-state index contributed by atoms with van der Waals surface area (Å²) in [5.41, 5.74) is 10.2. The Morgan fingerprint density at radius 3 is 2.67 bits per heavy atom. The van der Waals surface area contributed by atoms with Crippen LogP contribution in [0.1, 0.15) is 35.9 Å². The van der Waals surface area contributed by atoms with Gasteiger partial charge in [-0.3, -0.25) is 0 Å². The average Bonchev–Trinajstić information content (AvgIpc) is 3.08. The van der Waals surface area contributed by atoms with Crippen molar-refractivity contribution in [3.05, 3.63) is 65.7 Å². The highest BCUT2D eigenvalue weighted by Crippen LogP contribution is 2.32. The van der Waals surface area contributed by atoms with Gasteiger partial charge in [-0.25, -0.2) is 18.1 Å². The maximum Gasteiger partial charge on any atom is 0.241 e. The van der Waals surface area contributed by atoms with Crippen LogP contribution in [0.15, 0.2) is 58.0 Å². The quantitative estimate of drug-likeness (QED) is 0.671. The minimum Gasteiger partial charge on any atom is -0.449 e. The molecule has 2 aromatic carbocycles. The number of hydrogen-bond donors (Lipinski definition) is 2. The summed E-state index contributed by atoms with van der Waals surface area (Å²) in [6.07, 6.45) is 4.17. The molecule has 1 aliphatic carbocycles. The standard InChI is InChI=1S/C20H21N3O3S/c1-13-22-20(12-26-13)14-5-8-17(9-6-14)27(24,25)23-19-4-2-3-15-11-16(21)7-10-18(15)19/h5-12,19,23H,2-4,21H2,1H3. The summed E-state index contributed by atoms with van der Waals surface area (Å²) in [7, 11) is -3.63. The lowest BCUT2D eigenvalue weighted by Gasteiger charge is -2.26. The van der Waals surface area contributed by atoms with Crippen LogP contribution in [0, 0.1) is 6.92 Å². The zero-order valence-electron chi connectivity index (χ0n) is 15.0. The van der Waals surface area contributed by atoms with E-state index in [4.69, 9.17) is 10.2 Å². The van der Waals surface area contributed by atoms with E-state index in [1.54, 1.807) is 37.5 Å². The first-order chi connectivity index (χ1) is 12.9. The predicted octanol–water partition coefficient (Wildman–Crippen LogP) is 3.59. The van der Waals surface area contributed by atoms with Crippen molar-refractivity contribution in [1.82, 2.24) is 9.71 Å². The van der Waals surface area contributed by atoms with E-state index >= 15 is 0 Å². The van der Waals surface area contributed by atoms with E-state index in [0.717, 1.165) is 36.0 Å². The predicted molar refractivity (Wildman–Crippen MR) is 104 cm³/mol. The molecule has 3 aromatic rings. The number of nitrogens with zero attached hydrogens (tertiary/aromatic N) is 1.